The smallest absolute Gasteiger partial charge is 0.245 e. The molecule has 26 heavy (non-hydrogen) atoms. The van der Waals surface area contributed by atoms with Crippen LogP contribution in [0, 0.1) is 5.92 Å². The molecule has 1 saturated heterocycles. The monoisotopic (exact) mass is 441 g/mol. The second-order valence-corrected chi connectivity index (χ2v) is 10.1. The summed E-state index contributed by atoms with van der Waals surface area (Å²) in [5, 5.41) is 0. The van der Waals surface area contributed by atoms with Crippen molar-refractivity contribution in [3.05, 3.63) is 22.2 Å². The molecule has 0 radical (unpaired) electrons. The second-order valence-electron chi connectivity index (χ2n) is 7.26. The third kappa shape index (κ3) is 3.21. The van der Waals surface area contributed by atoms with Gasteiger partial charge >= 0.3 is 0 Å². The van der Waals surface area contributed by atoms with Gasteiger partial charge in [-0.05, 0) is 43.5 Å². The largest absolute Gasteiger partial charge is 0.310 e. The maximum Gasteiger partial charge on any atom is 0.245 e. The SMILES string of the molecule is CCN1CCN(S(=O)(=O)c2cc(Br)cc3c2N(C(=O)C2CC2)CC3)CC1. The molecule has 1 aromatic rings. The lowest BCUT2D eigenvalue weighted by atomic mass is 10.2. The molecule has 2 aliphatic heterocycles. The molecular formula is C18H24BrN3O3S. The summed E-state index contributed by atoms with van der Waals surface area (Å²) >= 11 is 3.46. The third-order valence-electron chi connectivity index (χ3n) is 5.58. The highest BCUT2D eigenvalue weighted by Crippen LogP contribution is 2.42. The van der Waals surface area contributed by atoms with E-state index >= 15 is 0 Å². The van der Waals surface area contributed by atoms with Gasteiger partial charge in [0, 0.05) is 43.1 Å². The van der Waals surface area contributed by atoms with Crippen LogP contribution in [-0.2, 0) is 21.2 Å². The van der Waals surface area contributed by atoms with Crippen molar-refractivity contribution in [3.8, 4) is 0 Å². The lowest BCUT2D eigenvalue weighted by molar-refractivity contribution is -0.119. The highest BCUT2D eigenvalue weighted by atomic mass is 79.9. The number of piperazine rings is 1. The molecule has 4 rings (SSSR count). The number of sulfonamides is 1. The number of rotatable bonds is 4. The number of nitrogens with zero attached hydrogens (tertiary/aromatic N) is 3. The normalized spacial score (nSPS) is 21.8. The van der Waals surface area contributed by atoms with Crippen molar-refractivity contribution in [2.75, 3.05) is 44.2 Å². The van der Waals surface area contributed by atoms with E-state index in [1.165, 1.54) is 0 Å². The van der Waals surface area contributed by atoms with Gasteiger partial charge in [-0.3, -0.25) is 4.79 Å². The first-order chi connectivity index (χ1) is 12.4. The predicted octanol–water partition coefficient (Wildman–Crippen LogP) is 2.07. The molecule has 0 N–H and O–H groups in total. The fourth-order valence-corrected chi connectivity index (χ4v) is 6.20. The summed E-state index contributed by atoms with van der Waals surface area (Å²) < 4.78 is 29.1. The van der Waals surface area contributed by atoms with Gasteiger partial charge in [-0.15, -0.1) is 0 Å². The average Bonchev–Trinajstić information content (AvgIpc) is 3.40. The second kappa shape index (κ2) is 6.89. The molecule has 142 valence electrons. The molecule has 1 saturated carbocycles. The van der Waals surface area contributed by atoms with E-state index in [1.807, 2.05) is 6.07 Å². The van der Waals surface area contributed by atoms with Gasteiger partial charge in [-0.2, -0.15) is 4.31 Å². The van der Waals surface area contributed by atoms with Crippen LogP contribution in [0.2, 0.25) is 0 Å². The van der Waals surface area contributed by atoms with Crippen LogP contribution in [0.25, 0.3) is 0 Å². The Hall–Kier alpha value is -0.960. The lowest BCUT2D eigenvalue weighted by Crippen LogP contribution is -2.48. The molecule has 1 aromatic carbocycles. The first kappa shape index (κ1) is 18.4. The number of halogens is 1. The van der Waals surface area contributed by atoms with Crippen LogP contribution in [0.15, 0.2) is 21.5 Å². The summed E-state index contributed by atoms with van der Waals surface area (Å²) in [6, 6.07) is 3.61. The maximum absolute atomic E-state index is 13.4. The minimum absolute atomic E-state index is 0.0771. The number of hydrogen-bond acceptors (Lipinski definition) is 4. The molecule has 8 heteroatoms. The van der Waals surface area contributed by atoms with E-state index in [-0.39, 0.29) is 16.7 Å². The molecule has 3 aliphatic rings. The molecular weight excluding hydrogens is 418 g/mol. The fourth-order valence-electron chi connectivity index (χ4n) is 3.86. The summed E-state index contributed by atoms with van der Waals surface area (Å²) in [7, 11) is -3.63. The molecule has 0 bridgehead atoms. The molecule has 0 spiro atoms. The predicted molar refractivity (Wildman–Crippen MR) is 104 cm³/mol. The topological polar surface area (TPSA) is 60.9 Å². The summed E-state index contributed by atoms with van der Waals surface area (Å²) in [6.07, 6.45) is 2.55. The third-order valence-corrected chi connectivity index (χ3v) is 7.95. The van der Waals surface area contributed by atoms with Gasteiger partial charge in [0.05, 0.1) is 5.69 Å². The van der Waals surface area contributed by atoms with E-state index in [2.05, 4.69) is 27.8 Å². The van der Waals surface area contributed by atoms with Crippen LogP contribution in [0.4, 0.5) is 5.69 Å². The van der Waals surface area contributed by atoms with E-state index in [9.17, 15) is 13.2 Å². The van der Waals surface area contributed by atoms with Gasteiger partial charge in [0.1, 0.15) is 4.90 Å². The summed E-state index contributed by atoms with van der Waals surface area (Å²) in [5.74, 6) is 0.159. The van der Waals surface area contributed by atoms with Gasteiger partial charge < -0.3 is 9.80 Å². The van der Waals surface area contributed by atoms with Gasteiger partial charge in [0.25, 0.3) is 0 Å². The Morgan fingerprint density at radius 1 is 1.15 bits per heavy atom. The zero-order valence-electron chi connectivity index (χ0n) is 14.9. The Bertz CT molecular complexity index is 830. The Labute approximate surface area is 163 Å². The maximum atomic E-state index is 13.4. The number of benzene rings is 1. The summed E-state index contributed by atoms with van der Waals surface area (Å²) in [6.45, 7) is 6.08. The summed E-state index contributed by atoms with van der Waals surface area (Å²) in [5.41, 5.74) is 1.56. The summed E-state index contributed by atoms with van der Waals surface area (Å²) in [4.78, 5) is 16.9. The molecule has 2 heterocycles. The van der Waals surface area contributed by atoms with Gasteiger partial charge in [0.15, 0.2) is 0 Å². The van der Waals surface area contributed by atoms with Crippen molar-refractivity contribution in [3.63, 3.8) is 0 Å². The van der Waals surface area contributed by atoms with Crippen LogP contribution in [0.3, 0.4) is 0 Å². The van der Waals surface area contributed by atoms with E-state index in [0.717, 1.165) is 42.5 Å². The zero-order valence-corrected chi connectivity index (χ0v) is 17.4. The Morgan fingerprint density at radius 3 is 2.46 bits per heavy atom. The van der Waals surface area contributed by atoms with Crippen molar-refractivity contribution in [1.82, 2.24) is 9.21 Å². The Morgan fingerprint density at radius 2 is 1.85 bits per heavy atom. The average molecular weight is 442 g/mol. The van der Waals surface area contributed by atoms with E-state index in [4.69, 9.17) is 0 Å². The molecule has 1 amide bonds. The number of anilines is 1. The van der Waals surface area contributed by atoms with Gasteiger partial charge in [-0.1, -0.05) is 22.9 Å². The van der Waals surface area contributed by atoms with Crippen LogP contribution in [0.1, 0.15) is 25.3 Å². The Kier molecular flexibility index (Phi) is 4.88. The quantitative estimate of drug-likeness (QED) is 0.717. The van der Waals surface area contributed by atoms with E-state index < -0.39 is 10.0 Å². The van der Waals surface area contributed by atoms with Crippen LogP contribution in [-0.4, -0.2) is 62.8 Å². The van der Waals surface area contributed by atoms with Crippen LogP contribution in [0.5, 0.6) is 0 Å². The van der Waals surface area contributed by atoms with Gasteiger partial charge in [-0.25, -0.2) is 8.42 Å². The van der Waals surface area contributed by atoms with E-state index in [0.29, 0.717) is 31.7 Å². The minimum atomic E-state index is -3.63. The van der Waals surface area contributed by atoms with Crippen molar-refractivity contribution < 1.29 is 13.2 Å². The first-order valence-electron chi connectivity index (χ1n) is 9.28. The van der Waals surface area contributed by atoms with Crippen LogP contribution >= 0.6 is 15.9 Å². The fraction of sp³-hybridized carbons (Fsp3) is 0.611. The molecule has 6 nitrogen and oxygen atoms in total. The molecule has 2 fully saturated rings. The number of hydrogen-bond donors (Lipinski definition) is 0. The van der Waals surface area contributed by atoms with Crippen molar-refractivity contribution >= 4 is 37.5 Å². The van der Waals surface area contributed by atoms with Gasteiger partial charge in [0.2, 0.25) is 15.9 Å². The highest BCUT2D eigenvalue weighted by molar-refractivity contribution is 9.10. The number of carbonyl (C=O) groups is 1. The molecule has 1 aliphatic carbocycles. The minimum Gasteiger partial charge on any atom is -0.310 e. The molecule has 0 aromatic heterocycles. The van der Waals surface area contributed by atoms with Crippen LogP contribution < -0.4 is 4.90 Å². The number of carbonyl (C=O) groups excluding carboxylic acids is 1. The lowest BCUT2D eigenvalue weighted by Gasteiger charge is -2.34. The molecule has 0 atom stereocenters. The number of likely N-dealkylation sites (N-methyl/N-ethyl adjacent to an activating group) is 1. The molecule has 0 unspecified atom stereocenters. The van der Waals surface area contributed by atoms with Crippen molar-refractivity contribution in [1.29, 1.82) is 0 Å². The highest BCUT2D eigenvalue weighted by Gasteiger charge is 2.40. The van der Waals surface area contributed by atoms with E-state index in [1.54, 1.807) is 15.3 Å². The standard InChI is InChI=1S/C18H24BrN3O3S/c1-2-20-7-9-21(10-8-20)26(24,25)16-12-15(19)11-14-5-6-22(17(14)16)18(23)13-3-4-13/h11-13H,2-10H2,1H3. The Balaban J connectivity index is 1.71. The zero-order chi connectivity index (χ0) is 18.5. The van der Waals surface area contributed by atoms with Crippen molar-refractivity contribution in [2.24, 2.45) is 5.92 Å². The number of amides is 1. The van der Waals surface area contributed by atoms with Crippen molar-refractivity contribution in [2.45, 2.75) is 31.1 Å². The first-order valence-corrected chi connectivity index (χ1v) is 11.5. The number of fused-ring (bicyclic) bond motifs is 1.